The van der Waals surface area contributed by atoms with Crippen LogP contribution < -0.4 is 5.32 Å². The fraction of sp³-hybridized carbons (Fsp3) is 0.133. The van der Waals surface area contributed by atoms with E-state index in [4.69, 9.17) is 0 Å². The minimum Gasteiger partial charge on any atom is -0.322 e. The third-order valence-electron chi connectivity index (χ3n) is 2.85. The molecular formula is C15H13F2NO. The molecule has 2 aromatic rings. The molecule has 1 amide bonds. The number of halogens is 2. The van der Waals surface area contributed by atoms with Crippen LogP contribution in [-0.2, 0) is 0 Å². The second kappa shape index (κ2) is 5.18. The van der Waals surface area contributed by atoms with Gasteiger partial charge in [0.05, 0.1) is 5.56 Å². The van der Waals surface area contributed by atoms with Crippen molar-refractivity contribution < 1.29 is 13.6 Å². The first-order chi connectivity index (χ1) is 8.99. The molecule has 2 nitrogen and oxygen atoms in total. The third kappa shape index (κ3) is 2.78. The van der Waals surface area contributed by atoms with Crippen molar-refractivity contribution in [1.82, 2.24) is 0 Å². The Balaban J connectivity index is 2.26. The van der Waals surface area contributed by atoms with Crippen LogP contribution in [0.4, 0.5) is 14.5 Å². The van der Waals surface area contributed by atoms with E-state index in [1.165, 1.54) is 24.3 Å². The fourth-order valence-corrected chi connectivity index (χ4v) is 1.74. The summed E-state index contributed by atoms with van der Waals surface area (Å²) in [6, 6.07) is 8.82. The molecule has 0 unspecified atom stereocenters. The Morgan fingerprint density at radius 1 is 1.05 bits per heavy atom. The van der Waals surface area contributed by atoms with Gasteiger partial charge in [-0.1, -0.05) is 12.1 Å². The van der Waals surface area contributed by atoms with Crippen molar-refractivity contribution in [3.05, 3.63) is 64.7 Å². The smallest absolute Gasteiger partial charge is 0.258 e. The van der Waals surface area contributed by atoms with Crippen molar-refractivity contribution in [2.45, 2.75) is 13.8 Å². The molecular weight excluding hydrogens is 248 g/mol. The molecule has 0 radical (unpaired) electrons. The molecule has 1 N–H and O–H groups in total. The number of carbonyl (C=O) groups is 1. The molecule has 0 aliphatic heterocycles. The van der Waals surface area contributed by atoms with Crippen molar-refractivity contribution in [3.8, 4) is 0 Å². The van der Waals surface area contributed by atoms with Gasteiger partial charge in [-0.2, -0.15) is 0 Å². The van der Waals surface area contributed by atoms with E-state index in [0.717, 1.165) is 0 Å². The standard InChI is InChI=1S/C15H13F2NO/c1-9-4-3-5-12(14(9)17)15(19)18-11-6-7-13(16)10(2)8-11/h3-8H,1-2H3,(H,18,19). The number of anilines is 1. The highest BCUT2D eigenvalue weighted by molar-refractivity contribution is 6.04. The maximum atomic E-state index is 13.8. The first-order valence-corrected chi connectivity index (χ1v) is 5.81. The number of nitrogens with one attached hydrogen (secondary N) is 1. The molecule has 0 atom stereocenters. The predicted octanol–water partition coefficient (Wildman–Crippen LogP) is 3.83. The fourth-order valence-electron chi connectivity index (χ4n) is 1.74. The third-order valence-corrected chi connectivity index (χ3v) is 2.85. The van der Waals surface area contributed by atoms with Crippen molar-refractivity contribution in [1.29, 1.82) is 0 Å². The van der Waals surface area contributed by atoms with Crippen LogP contribution >= 0.6 is 0 Å². The Morgan fingerprint density at radius 3 is 2.47 bits per heavy atom. The Kier molecular flexibility index (Phi) is 3.60. The van der Waals surface area contributed by atoms with Crippen LogP contribution in [0.1, 0.15) is 21.5 Å². The van der Waals surface area contributed by atoms with Crippen LogP contribution in [0, 0.1) is 25.5 Å². The van der Waals surface area contributed by atoms with Crippen LogP contribution in [-0.4, -0.2) is 5.91 Å². The van der Waals surface area contributed by atoms with E-state index in [0.29, 0.717) is 16.8 Å². The summed E-state index contributed by atoms with van der Waals surface area (Å²) in [4.78, 5) is 11.9. The van der Waals surface area contributed by atoms with Gasteiger partial charge in [-0.25, -0.2) is 8.78 Å². The van der Waals surface area contributed by atoms with Gasteiger partial charge in [-0.05, 0) is 49.2 Å². The lowest BCUT2D eigenvalue weighted by molar-refractivity contribution is 0.102. The molecule has 19 heavy (non-hydrogen) atoms. The normalized spacial score (nSPS) is 10.3. The number of amides is 1. The highest BCUT2D eigenvalue weighted by Gasteiger charge is 2.13. The Hall–Kier alpha value is -2.23. The van der Waals surface area contributed by atoms with E-state index in [1.54, 1.807) is 26.0 Å². The summed E-state index contributed by atoms with van der Waals surface area (Å²) in [6.45, 7) is 3.19. The van der Waals surface area contributed by atoms with E-state index in [2.05, 4.69) is 5.32 Å². The summed E-state index contributed by atoms with van der Waals surface area (Å²) < 4.78 is 26.9. The minimum absolute atomic E-state index is 0.0259. The van der Waals surface area contributed by atoms with Crippen LogP contribution in [0.3, 0.4) is 0 Å². The molecule has 0 saturated heterocycles. The Morgan fingerprint density at radius 2 is 1.79 bits per heavy atom. The van der Waals surface area contributed by atoms with Crippen LogP contribution in [0.2, 0.25) is 0 Å². The molecule has 0 aliphatic carbocycles. The molecule has 0 aliphatic rings. The van der Waals surface area contributed by atoms with Gasteiger partial charge in [-0.15, -0.1) is 0 Å². The molecule has 0 fully saturated rings. The van der Waals surface area contributed by atoms with E-state index < -0.39 is 11.7 Å². The topological polar surface area (TPSA) is 29.1 Å². The number of hydrogen-bond acceptors (Lipinski definition) is 1. The van der Waals surface area contributed by atoms with Gasteiger partial charge in [0.2, 0.25) is 0 Å². The van der Waals surface area contributed by atoms with E-state index in [-0.39, 0.29) is 11.4 Å². The molecule has 4 heteroatoms. The van der Waals surface area contributed by atoms with Gasteiger partial charge in [0, 0.05) is 5.69 Å². The summed E-state index contributed by atoms with van der Waals surface area (Å²) in [6.07, 6.45) is 0. The van der Waals surface area contributed by atoms with Gasteiger partial charge in [0.1, 0.15) is 11.6 Å². The van der Waals surface area contributed by atoms with Crippen LogP contribution in [0.5, 0.6) is 0 Å². The van der Waals surface area contributed by atoms with E-state index in [9.17, 15) is 13.6 Å². The molecule has 0 heterocycles. The van der Waals surface area contributed by atoms with Crippen LogP contribution in [0.15, 0.2) is 36.4 Å². The first-order valence-electron chi connectivity index (χ1n) is 5.81. The van der Waals surface area contributed by atoms with E-state index in [1.807, 2.05) is 0 Å². The van der Waals surface area contributed by atoms with Gasteiger partial charge >= 0.3 is 0 Å². The Bertz CT molecular complexity index is 638. The summed E-state index contributed by atoms with van der Waals surface area (Å²) in [5.74, 6) is -1.44. The van der Waals surface area contributed by atoms with Crippen LogP contribution in [0.25, 0.3) is 0 Å². The quantitative estimate of drug-likeness (QED) is 0.874. The zero-order chi connectivity index (χ0) is 14.0. The maximum absolute atomic E-state index is 13.8. The summed E-state index contributed by atoms with van der Waals surface area (Å²) in [5, 5.41) is 2.55. The maximum Gasteiger partial charge on any atom is 0.258 e. The predicted molar refractivity (Wildman–Crippen MR) is 70.2 cm³/mol. The highest BCUT2D eigenvalue weighted by atomic mass is 19.1. The average molecular weight is 261 g/mol. The molecule has 98 valence electrons. The lowest BCUT2D eigenvalue weighted by Gasteiger charge is -2.08. The van der Waals surface area contributed by atoms with Gasteiger partial charge in [0.25, 0.3) is 5.91 Å². The second-order valence-corrected chi connectivity index (χ2v) is 4.35. The average Bonchev–Trinajstić information content (AvgIpc) is 2.37. The zero-order valence-electron chi connectivity index (χ0n) is 10.6. The van der Waals surface area contributed by atoms with Crippen molar-refractivity contribution in [2.24, 2.45) is 0 Å². The zero-order valence-corrected chi connectivity index (χ0v) is 10.6. The van der Waals surface area contributed by atoms with Gasteiger partial charge < -0.3 is 5.32 Å². The monoisotopic (exact) mass is 261 g/mol. The number of carbonyl (C=O) groups excluding carboxylic acids is 1. The molecule has 0 bridgehead atoms. The van der Waals surface area contributed by atoms with Gasteiger partial charge in [0.15, 0.2) is 0 Å². The number of hydrogen-bond donors (Lipinski definition) is 1. The SMILES string of the molecule is Cc1cc(NC(=O)c2cccc(C)c2F)ccc1F. The summed E-state index contributed by atoms with van der Waals surface area (Å²) in [5.41, 5.74) is 1.23. The largest absolute Gasteiger partial charge is 0.322 e. The number of rotatable bonds is 2. The number of benzene rings is 2. The molecule has 0 saturated carbocycles. The second-order valence-electron chi connectivity index (χ2n) is 4.35. The lowest BCUT2D eigenvalue weighted by atomic mass is 10.1. The molecule has 2 rings (SSSR count). The van der Waals surface area contributed by atoms with Crippen molar-refractivity contribution >= 4 is 11.6 Å². The highest BCUT2D eigenvalue weighted by Crippen LogP contribution is 2.17. The Labute approximate surface area is 110 Å². The van der Waals surface area contributed by atoms with Crippen molar-refractivity contribution in [3.63, 3.8) is 0 Å². The minimum atomic E-state index is -0.549. The first kappa shape index (κ1) is 13.2. The summed E-state index contributed by atoms with van der Waals surface area (Å²) in [7, 11) is 0. The molecule has 0 spiro atoms. The lowest BCUT2D eigenvalue weighted by Crippen LogP contribution is -2.14. The molecule has 2 aromatic carbocycles. The summed E-state index contributed by atoms with van der Waals surface area (Å²) >= 11 is 0. The van der Waals surface area contributed by atoms with E-state index >= 15 is 0 Å². The number of aryl methyl sites for hydroxylation is 2. The van der Waals surface area contributed by atoms with Crippen molar-refractivity contribution in [2.75, 3.05) is 5.32 Å². The van der Waals surface area contributed by atoms with Gasteiger partial charge in [-0.3, -0.25) is 4.79 Å². The molecule has 0 aromatic heterocycles.